The Morgan fingerprint density at radius 1 is 1.00 bits per heavy atom. The standard InChI is InChI=1S/C14H22N2S/c1-12(2)13-4-6-14(7-5-13)17-16-10-8-15(3)9-11-16/h4-7,12H,8-11H2,1-3H3. The Balaban J connectivity index is 1.90. The Morgan fingerprint density at radius 2 is 1.59 bits per heavy atom. The molecule has 0 bridgehead atoms. The van der Waals surface area contributed by atoms with Crippen molar-refractivity contribution in [1.29, 1.82) is 0 Å². The summed E-state index contributed by atoms with van der Waals surface area (Å²) in [6.45, 7) is 9.15. The zero-order chi connectivity index (χ0) is 12.3. The molecule has 0 aromatic heterocycles. The van der Waals surface area contributed by atoms with Gasteiger partial charge in [0.2, 0.25) is 0 Å². The predicted octanol–water partition coefficient (Wildman–Crippen LogP) is 3.06. The summed E-state index contributed by atoms with van der Waals surface area (Å²) in [5.74, 6) is 0.623. The second-order valence-electron chi connectivity index (χ2n) is 5.05. The molecule has 0 saturated carbocycles. The van der Waals surface area contributed by atoms with Crippen molar-refractivity contribution in [2.45, 2.75) is 24.7 Å². The number of rotatable bonds is 3. The fourth-order valence-corrected chi connectivity index (χ4v) is 2.84. The summed E-state index contributed by atoms with van der Waals surface area (Å²) in [4.78, 5) is 3.75. The first-order chi connectivity index (χ1) is 8.15. The van der Waals surface area contributed by atoms with E-state index in [-0.39, 0.29) is 0 Å². The Morgan fingerprint density at radius 3 is 2.12 bits per heavy atom. The van der Waals surface area contributed by atoms with Crippen LogP contribution >= 0.6 is 11.9 Å². The Hall–Kier alpha value is -0.510. The van der Waals surface area contributed by atoms with E-state index in [0.29, 0.717) is 5.92 Å². The fraction of sp³-hybridized carbons (Fsp3) is 0.571. The van der Waals surface area contributed by atoms with Crippen molar-refractivity contribution in [2.75, 3.05) is 33.2 Å². The average molecular weight is 250 g/mol. The highest BCUT2D eigenvalue weighted by Gasteiger charge is 2.14. The first kappa shape index (κ1) is 12.9. The topological polar surface area (TPSA) is 6.48 Å². The number of benzene rings is 1. The van der Waals surface area contributed by atoms with Crippen LogP contribution < -0.4 is 0 Å². The molecule has 0 N–H and O–H groups in total. The first-order valence-corrected chi connectivity index (χ1v) is 7.14. The largest absolute Gasteiger partial charge is 0.304 e. The fourth-order valence-electron chi connectivity index (χ4n) is 1.94. The number of piperazine rings is 1. The van der Waals surface area contributed by atoms with Gasteiger partial charge in [0, 0.05) is 31.1 Å². The van der Waals surface area contributed by atoms with E-state index in [1.165, 1.54) is 23.5 Å². The quantitative estimate of drug-likeness (QED) is 0.761. The molecule has 1 aromatic rings. The minimum absolute atomic E-state index is 0.623. The molecule has 1 aromatic carbocycles. The van der Waals surface area contributed by atoms with Crippen molar-refractivity contribution >= 4 is 11.9 Å². The van der Waals surface area contributed by atoms with Crippen LogP contribution in [0, 0.1) is 0 Å². The van der Waals surface area contributed by atoms with Gasteiger partial charge >= 0.3 is 0 Å². The smallest absolute Gasteiger partial charge is 0.0230 e. The molecule has 1 aliphatic heterocycles. The molecule has 2 rings (SSSR count). The van der Waals surface area contributed by atoms with Gasteiger partial charge in [0.1, 0.15) is 0 Å². The molecule has 1 saturated heterocycles. The van der Waals surface area contributed by atoms with Crippen LogP contribution in [0.4, 0.5) is 0 Å². The molecular formula is C14H22N2S. The maximum Gasteiger partial charge on any atom is 0.0230 e. The van der Waals surface area contributed by atoms with Crippen LogP contribution in [0.15, 0.2) is 29.2 Å². The lowest BCUT2D eigenvalue weighted by Gasteiger charge is -2.31. The summed E-state index contributed by atoms with van der Waals surface area (Å²) >= 11 is 1.89. The van der Waals surface area contributed by atoms with Gasteiger partial charge in [-0.05, 0) is 42.6 Å². The molecule has 94 valence electrons. The number of likely N-dealkylation sites (N-methyl/N-ethyl adjacent to an activating group) is 1. The normalized spacial score (nSPS) is 18.8. The highest BCUT2D eigenvalue weighted by Crippen LogP contribution is 2.25. The van der Waals surface area contributed by atoms with Gasteiger partial charge in [-0.2, -0.15) is 0 Å². The molecule has 0 unspecified atom stereocenters. The van der Waals surface area contributed by atoms with Crippen molar-refractivity contribution in [3.05, 3.63) is 29.8 Å². The molecule has 0 aliphatic carbocycles. The van der Waals surface area contributed by atoms with E-state index in [1.807, 2.05) is 11.9 Å². The van der Waals surface area contributed by atoms with E-state index in [0.717, 1.165) is 13.1 Å². The zero-order valence-electron chi connectivity index (χ0n) is 11.0. The number of hydrogen-bond donors (Lipinski definition) is 0. The van der Waals surface area contributed by atoms with Crippen molar-refractivity contribution in [2.24, 2.45) is 0 Å². The molecule has 2 nitrogen and oxygen atoms in total. The summed E-state index contributed by atoms with van der Waals surface area (Å²) in [6, 6.07) is 9.00. The zero-order valence-corrected chi connectivity index (χ0v) is 11.8. The van der Waals surface area contributed by atoms with Gasteiger partial charge in [-0.25, -0.2) is 4.31 Å². The molecule has 0 amide bonds. The summed E-state index contributed by atoms with van der Waals surface area (Å²) in [7, 11) is 2.19. The van der Waals surface area contributed by atoms with Crippen LogP contribution in [0.5, 0.6) is 0 Å². The van der Waals surface area contributed by atoms with Gasteiger partial charge in [0.05, 0.1) is 0 Å². The highest BCUT2D eigenvalue weighted by molar-refractivity contribution is 7.97. The highest BCUT2D eigenvalue weighted by atomic mass is 32.2. The van der Waals surface area contributed by atoms with E-state index < -0.39 is 0 Å². The van der Waals surface area contributed by atoms with Crippen molar-refractivity contribution in [3.63, 3.8) is 0 Å². The second-order valence-corrected chi connectivity index (χ2v) is 6.22. The predicted molar refractivity (Wildman–Crippen MR) is 75.5 cm³/mol. The van der Waals surface area contributed by atoms with E-state index >= 15 is 0 Å². The molecular weight excluding hydrogens is 228 g/mol. The monoisotopic (exact) mass is 250 g/mol. The van der Waals surface area contributed by atoms with E-state index in [4.69, 9.17) is 0 Å². The second kappa shape index (κ2) is 5.89. The Bertz CT molecular complexity index is 340. The van der Waals surface area contributed by atoms with Crippen LogP contribution in [0.3, 0.4) is 0 Å². The summed E-state index contributed by atoms with van der Waals surface area (Å²) in [5.41, 5.74) is 1.42. The van der Waals surface area contributed by atoms with Crippen LogP contribution in [0.25, 0.3) is 0 Å². The minimum Gasteiger partial charge on any atom is -0.304 e. The molecule has 0 spiro atoms. The van der Waals surface area contributed by atoms with Crippen LogP contribution in [-0.2, 0) is 0 Å². The van der Waals surface area contributed by atoms with E-state index in [1.54, 1.807) is 0 Å². The number of nitrogens with zero attached hydrogens (tertiary/aromatic N) is 2. The Labute approximate surface area is 109 Å². The lowest BCUT2D eigenvalue weighted by atomic mass is 10.0. The van der Waals surface area contributed by atoms with Crippen molar-refractivity contribution < 1.29 is 0 Å². The molecule has 1 fully saturated rings. The van der Waals surface area contributed by atoms with Crippen molar-refractivity contribution in [3.8, 4) is 0 Å². The van der Waals surface area contributed by atoms with Gasteiger partial charge < -0.3 is 4.90 Å². The Kier molecular flexibility index (Phi) is 4.48. The van der Waals surface area contributed by atoms with Gasteiger partial charge in [-0.1, -0.05) is 26.0 Å². The summed E-state index contributed by atoms with van der Waals surface area (Å²) in [5, 5.41) is 0. The average Bonchev–Trinajstić information content (AvgIpc) is 2.33. The SMILES string of the molecule is CC(C)c1ccc(SN2CCN(C)CC2)cc1. The molecule has 0 radical (unpaired) electrons. The van der Waals surface area contributed by atoms with Gasteiger partial charge in [0.15, 0.2) is 0 Å². The molecule has 0 atom stereocenters. The molecule has 1 aliphatic rings. The minimum atomic E-state index is 0.623. The molecule has 1 heterocycles. The van der Waals surface area contributed by atoms with E-state index in [9.17, 15) is 0 Å². The van der Waals surface area contributed by atoms with Gasteiger partial charge in [-0.3, -0.25) is 0 Å². The third-order valence-electron chi connectivity index (χ3n) is 3.24. The van der Waals surface area contributed by atoms with E-state index in [2.05, 4.69) is 54.4 Å². The van der Waals surface area contributed by atoms with Gasteiger partial charge in [0.25, 0.3) is 0 Å². The summed E-state index contributed by atoms with van der Waals surface area (Å²) < 4.78 is 2.46. The maximum absolute atomic E-state index is 2.46. The third-order valence-corrected chi connectivity index (χ3v) is 4.35. The van der Waals surface area contributed by atoms with Crippen LogP contribution in [0.1, 0.15) is 25.3 Å². The maximum atomic E-state index is 2.46. The van der Waals surface area contributed by atoms with Crippen molar-refractivity contribution in [1.82, 2.24) is 9.21 Å². The van der Waals surface area contributed by atoms with Gasteiger partial charge in [-0.15, -0.1) is 0 Å². The third kappa shape index (κ3) is 3.73. The molecule has 3 heteroatoms. The van der Waals surface area contributed by atoms with Crippen LogP contribution in [-0.4, -0.2) is 42.4 Å². The number of hydrogen-bond acceptors (Lipinski definition) is 3. The molecule has 17 heavy (non-hydrogen) atoms. The first-order valence-electron chi connectivity index (χ1n) is 6.36. The van der Waals surface area contributed by atoms with Crippen LogP contribution in [0.2, 0.25) is 0 Å². The lowest BCUT2D eigenvalue weighted by Crippen LogP contribution is -2.40. The lowest BCUT2D eigenvalue weighted by molar-refractivity contribution is 0.233. The summed E-state index contributed by atoms with van der Waals surface area (Å²) in [6.07, 6.45) is 0.